The molecule has 0 aliphatic heterocycles. The maximum absolute atomic E-state index is 6.00. The average Bonchev–Trinajstić information content (AvgIpc) is 2.76. The van der Waals surface area contributed by atoms with Gasteiger partial charge in [0.25, 0.3) is 0 Å². The summed E-state index contributed by atoms with van der Waals surface area (Å²) in [6.45, 7) is 3.80. The van der Waals surface area contributed by atoms with Crippen LogP contribution >= 0.6 is 34.8 Å². The Kier molecular flexibility index (Phi) is 5.73. The van der Waals surface area contributed by atoms with E-state index in [-0.39, 0.29) is 6.04 Å². The van der Waals surface area contributed by atoms with Gasteiger partial charge in [0.05, 0.1) is 6.33 Å². The molecule has 2 aromatic rings. The van der Waals surface area contributed by atoms with E-state index in [9.17, 15) is 0 Å². The van der Waals surface area contributed by atoms with Crippen LogP contribution in [-0.2, 0) is 6.54 Å². The van der Waals surface area contributed by atoms with Crippen LogP contribution < -0.4 is 5.32 Å². The van der Waals surface area contributed by atoms with Crippen LogP contribution in [0.5, 0.6) is 0 Å². The lowest BCUT2D eigenvalue weighted by atomic mass is 10.1. The van der Waals surface area contributed by atoms with Crippen LogP contribution in [0.1, 0.15) is 24.9 Å². The minimum Gasteiger partial charge on any atom is -0.320 e. The molecule has 2 rings (SSSR count). The van der Waals surface area contributed by atoms with Crippen molar-refractivity contribution in [2.75, 3.05) is 6.54 Å². The van der Waals surface area contributed by atoms with Gasteiger partial charge >= 0.3 is 0 Å². The molecule has 1 atom stereocenters. The second-order valence-corrected chi connectivity index (χ2v) is 5.75. The number of aryl methyl sites for hydroxylation is 1. The van der Waals surface area contributed by atoms with E-state index in [1.54, 1.807) is 6.33 Å². The fourth-order valence-electron chi connectivity index (χ4n) is 1.94. The van der Waals surface area contributed by atoms with E-state index in [0.29, 0.717) is 10.3 Å². The summed E-state index contributed by atoms with van der Waals surface area (Å²) in [5, 5.41) is 5.07. The zero-order valence-electron chi connectivity index (χ0n) is 11.1. The Balaban J connectivity index is 1.75. The normalized spacial score (nSPS) is 12.6. The van der Waals surface area contributed by atoms with E-state index >= 15 is 0 Å². The van der Waals surface area contributed by atoms with Gasteiger partial charge in [0.1, 0.15) is 5.15 Å². The molecule has 1 heterocycles. The van der Waals surface area contributed by atoms with Crippen LogP contribution in [0.15, 0.2) is 30.6 Å². The minimum absolute atomic E-state index is 0.286. The lowest BCUT2D eigenvalue weighted by molar-refractivity contribution is 0.527. The molecule has 0 aliphatic carbocycles. The fourth-order valence-corrected chi connectivity index (χ4v) is 2.39. The van der Waals surface area contributed by atoms with Gasteiger partial charge in [-0.25, -0.2) is 4.98 Å². The van der Waals surface area contributed by atoms with Gasteiger partial charge in [-0.2, -0.15) is 0 Å². The van der Waals surface area contributed by atoms with Gasteiger partial charge in [-0.05, 0) is 37.6 Å². The molecular formula is C14H16Cl3N3. The van der Waals surface area contributed by atoms with E-state index < -0.39 is 0 Å². The zero-order chi connectivity index (χ0) is 14.5. The van der Waals surface area contributed by atoms with Gasteiger partial charge in [-0.15, -0.1) is 0 Å². The fraction of sp³-hybridized carbons (Fsp3) is 0.357. The number of halogens is 3. The number of nitrogens with zero attached hydrogens (tertiary/aromatic N) is 2. The van der Waals surface area contributed by atoms with E-state index in [4.69, 9.17) is 34.8 Å². The summed E-state index contributed by atoms with van der Waals surface area (Å²) in [7, 11) is 0. The molecule has 0 fully saturated rings. The topological polar surface area (TPSA) is 29.9 Å². The smallest absolute Gasteiger partial charge is 0.166 e. The first kappa shape index (κ1) is 15.6. The third-order valence-corrected chi connectivity index (χ3v) is 4.15. The average molecular weight is 333 g/mol. The standard InChI is InChI=1S/C14H16Cl3N3/c1-10(11-3-5-12(15)6-4-11)18-7-2-8-20-9-19-13(16)14(20)17/h3-6,9-10,18H,2,7-8H2,1H3. The molecule has 20 heavy (non-hydrogen) atoms. The number of hydrogen-bond donors (Lipinski definition) is 1. The zero-order valence-corrected chi connectivity index (χ0v) is 13.4. The predicted octanol–water partition coefficient (Wildman–Crippen LogP) is 4.58. The summed E-state index contributed by atoms with van der Waals surface area (Å²) in [5.74, 6) is 0. The molecule has 0 spiro atoms. The van der Waals surface area contributed by atoms with Gasteiger partial charge in [0.15, 0.2) is 5.15 Å². The number of nitrogens with one attached hydrogen (secondary N) is 1. The third-order valence-electron chi connectivity index (χ3n) is 3.13. The number of benzene rings is 1. The highest BCUT2D eigenvalue weighted by Crippen LogP contribution is 2.20. The molecule has 0 saturated carbocycles. The molecule has 1 unspecified atom stereocenters. The number of imidazole rings is 1. The van der Waals surface area contributed by atoms with E-state index in [1.165, 1.54) is 5.56 Å². The predicted molar refractivity (Wildman–Crippen MR) is 84.7 cm³/mol. The Morgan fingerprint density at radius 3 is 2.50 bits per heavy atom. The molecule has 3 nitrogen and oxygen atoms in total. The van der Waals surface area contributed by atoms with Crippen molar-refractivity contribution in [3.63, 3.8) is 0 Å². The lowest BCUT2D eigenvalue weighted by Crippen LogP contribution is -2.20. The Morgan fingerprint density at radius 1 is 1.20 bits per heavy atom. The van der Waals surface area contributed by atoms with E-state index in [1.807, 2.05) is 28.8 Å². The molecule has 0 radical (unpaired) electrons. The third kappa shape index (κ3) is 4.13. The summed E-state index contributed by atoms with van der Waals surface area (Å²) in [6.07, 6.45) is 2.61. The highest BCUT2D eigenvalue weighted by atomic mass is 35.5. The number of hydrogen-bond acceptors (Lipinski definition) is 2. The Hall–Kier alpha value is -0.740. The molecule has 1 aromatic carbocycles. The molecule has 0 saturated heterocycles. The summed E-state index contributed by atoms with van der Waals surface area (Å²) in [5.41, 5.74) is 1.22. The van der Waals surface area contributed by atoms with Gasteiger partial charge < -0.3 is 9.88 Å². The second kappa shape index (κ2) is 7.32. The quantitative estimate of drug-likeness (QED) is 0.784. The van der Waals surface area contributed by atoms with Crippen molar-refractivity contribution in [1.29, 1.82) is 0 Å². The molecule has 0 bridgehead atoms. The Bertz CT molecular complexity index is 551. The molecule has 108 valence electrons. The highest BCUT2D eigenvalue weighted by molar-refractivity contribution is 6.40. The van der Waals surface area contributed by atoms with Crippen molar-refractivity contribution in [1.82, 2.24) is 14.9 Å². The maximum atomic E-state index is 6.00. The van der Waals surface area contributed by atoms with Crippen molar-refractivity contribution in [3.8, 4) is 0 Å². The maximum Gasteiger partial charge on any atom is 0.166 e. The summed E-state index contributed by atoms with van der Waals surface area (Å²) in [6, 6.07) is 8.16. The minimum atomic E-state index is 0.286. The van der Waals surface area contributed by atoms with Crippen LogP contribution in [0.4, 0.5) is 0 Å². The first-order valence-electron chi connectivity index (χ1n) is 6.43. The van der Waals surface area contributed by atoms with Crippen LogP contribution in [0.25, 0.3) is 0 Å². The monoisotopic (exact) mass is 331 g/mol. The summed E-state index contributed by atoms with van der Waals surface area (Å²) < 4.78 is 1.85. The van der Waals surface area contributed by atoms with Crippen molar-refractivity contribution in [2.24, 2.45) is 0 Å². The van der Waals surface area contributed by atoms with Gasteiger partial charge in [0.2, 0.25) is 0 Å². The number of rotatable bonds is 6. The van der Waals surface area contributed by atoms with Crippen molar-refractivity contribution in [2.45, 2.75) is 25.9 Å². The number of aromatic nitrogens is 2. The Morgan fingerprint density at radius 2 is 1.90 bits per heavy atom. The molecule has 6 heteroatoms. The molecule has 1 aromatic heterocycles. The first-order valence-corrected chi connectivity index (χ1v) is 7.56. The molecule has 0 aliphatic rings. The first-order chi connectivity index (χ1) is 9.58. The largest absolute Gasteiger partial charge is 0.320 e. The van der Waals surface area contributed by atoms with Crippen LogP contribution in [0.2, 0.25) is 15.3 Å². The summed E-state index contributed by atoms with van der Waals surface area (Å²) >= 11 is 17.7. The lowest BCUT2D eigenvalue weighted by Gasteiger charge is -2.14. The van der Waals surface area contributed by atoms with E-state index in [0.717, 1.165) is 24.5 Å². The van der Waals surface area contributed by atoms with Gasteiger partial charge in [-0.3, -0.25) is 0 Å². The van der Waals surface area contributed by atoms with Crippen LogP contribution in [0, 0.1) is 0 Å². The highest BCUT2D eigenvalue weighted by Gasteiger charge is 2.06. The van der Waals surface area contributed by atoms with Gasteiger partial charge in [-0.1, -0.05) is 46.9 Å². The van der Waals surface area contributed by atoms with E-state index in [2.05, 4.69) is 17.2 Å². The SMILES string of the molecule is CC(NCCCn1cnc(Cl)c1Cl)c1ccc(Cl)cc1. The molecular weight excluding hydrogens is 317 g/mol. The van der Waals surface area contributed by atoms with Gasteiger partial charge in [0, 0.05) is 17.6 Å². The van der Waals surface area contributed by atoms with Crippen molar-refractivity contribution in [3.05, 3.63) is 51.5 Å². The Labute approximate surface area is 133 Å². The second-order valence-electron chi connectivity index (χ2n) is 4.60. The molecule has 0 amide bonds. The van der Waals surface area contributed by atoms with Crippen molar-refractivity contribution < 1.29 is 0 Å². The summed E-state index contributed by atoms with van der Waals surface area (Å²) in [4.78, 5) is 3.95. The van der Waals surface area contributed by atoms with Crippen molar-refractivity contribution >= 4 is 34.8 Å². The van der Waals surface area contributed by atoms with Crippen LogP contribution in [-0.4, -0.2) is 16.1 Å². The van der Waals surface area contributed by atoms with Crippen LogP contribution in [0.3, 0.4) is 0 Å². The molecule has 1 N–H and O–H groups in total.